The van der Waals surface area contributed by atoms with Crippen LogP contribution < -0.4 is 5.32 Å². The molecule has 1 rings (SSSR count). The number of amides is 1. The van der Waals surface area contributed by atoms with Gasteiger partial charge in [-0.3, -0.25) is 9.59 Å². The molecule has 1 atom stereocenters. The highest BCUT2D eigenvalue weighted by Crippen LogP contribution is 2.17. The molecule has 1 saturated heterocycles. The highest BCUT2D eigenvalue weighted by Gasteiger charge is 2.23. The molecule has 0 spiro atoms. The Kier molecular flexibility index (Phi) is 4.55. The van der Waals surface area contributed by atoms with E-state index in [0.29, 0.717) is 12.5 Å². The third-order valence-corrected chi connectivity index (χ3v) is 2.75. The van der Waals surface area contributed by atoms with Crippen molar-refractivity contribution in [1.82, 2.24) is 10.2 Å². The third kappa shape index (κ3) is 4.29. The molecule has 1 unspecified atom stereocenters. The Morgan fingerprint density at radius 2 is 2.27 bits per heavy atom. The lowest BCUT2D eigenvalue weighted by Crippen LogP contribution is -2.33. The maximum absolute atomic E-state index is 11.4. The molecule has 1 fully saturated rings. The first-order chi connectivity index (χ1) is 7.09. The fourth-order valence-corrected chi connectivity index (χ4v) is 1.83. The van der Waals surface area contributed by atoms with E-state index in [1.54, 1.807) is 0 Å². The van der Waals surface area contributed by atoms with Gasteiger partial charge in [-0.1, -0.05) is 0 Å². The summed E-state index contributed by atoms with van der Waals surface area (Å²) in [6.07, 6.45) is 2.68. The number of hydrogen-bond donors (Lipinski definition) is 2. The van der Waals surface area contributed by atoms with Crippen molar-refractivity contribution in [3.63, 3.8) is 0 Å². The van der Waals surface area contributed by atoms with Gasteiger partial charge >= 0.3 is 5.97 Å². The van der Waals surface area contributed by atoms with Crippen LogP contribution in [0.1, 0.15) is 25.7 Å². The molecule has 15 heavy (non-hydrogen) atoms. The first-order valence-corrected chi connectivity index (χ1v) is 5.28. The number of hydrogen-bond acceptors (Lipinski definition) is 3. The van der Waals surface area contributed by atoms with E-state index in [0.717, 1.165) is 19.4 Å². The fourth-order valence-electron chi connectivity index (χ4n) is 1.83. The van der Waals surface area contributed by atoms with Gasteiger partial charge in [0.05, 0.1) is 6.42 Å². The van der Waals surface area contributed by atoms with Gasteiger partial charge in [-0.05, 0) is 26.4 Å². The molecule has 5 heteroatoms. The molecule has 0 aromatic rings. The molecule has 0 aromatic heterocycles. The third-order valence-electron chi connectivity index (χ3n) is 2.75. The van der Waals surface area contributed by atoms with Crippen molar-refractivity contribution < 1.29 is 14.7 Å². The minimum Gasteiger partial charge on any atom is -0.481 e. The van der Waals surface area contributed by atoms with Crippen LogP contribution in [0.5, 0.6) is 0 Å². The lowest BCUT2D eigenvalue weighted by Gasteiger charge is -2.18. The molecule has 1 aliphatic rings. The minimum atomic E-state index is -0.881. The predicted octanol–water partition coefficient (Wildman–Crippen LogP) is 0.0616. The normalized spacial score (nSPS) is 21.5. The molecular formula is C10H18N2O3. The molecule has 1 amide bonds. The Hall–Kier alpha value is -1.10. The summed E-state index contributed by atoms with van der Waals surface area (Å²) in [5.41, 5.74) is 0. The minimum absolute atomic E-state index is 0.00769. The number of carbonyl (C=O) groups excluding carboxylic acids is 1. The summed E-state index contributed by atoms with van der Waals surface area (Å²) in [6.45, 7) is 1.28. The van der Waals surface area contributed by atoms with Crippen LogP contribution in [-0.4, -0.2) is 48.1 Å². The molecule has 0 bridgehead atoms. The van der Waals surface area contributed by atoms with Crippen molar-refractivity contribution in [3.05, 3.63) is 0 Å². The van der Waals surface area contributed by atoms with Crippen LogP contribution in [-0.2, 0) is 9.59 Å². The number of carboxylic acids is 1. The summed E-state index contributed by atoms with van der Waals surface area (Å²) in [4.78, 5) is 23.8. The molecule has 1 heterocycles. The number of carbonyl (C=O) groups is 2. The zero-order valence-corrected chi connectivity index (χ0v) is 9.03. The molecule has 5 nitrogen and oxygen atoms in total. The highest BCUT2D eigenvalue weighted by molar-refractivity contribution is 5.77. The standard InChI is InChI=1S/C10H18N2O3/c1-12-6-2-3-8(12)7-9(13)11-5-4-10(14)15/h8H,2-7H2,1H3,(H,11,13)(H,14,15). The fraction of sp³-hybridized carbons (Fsp3) is 0.800. The first-order valence-electron chi connectivity index (χ1n) is 5.28. The Labute approximate surface area is 89.4 Å². The second kappa shape index (κ2) is 5.70. The molecule has 0 radical (unpaired) electrons. The van der Waals surface area contributed by atoms with E-state index in [1.165, 1.54) is 0 Å². The van der Waals surface area contributed by atoms with Crippen LogP contribution in [0.2, 0.25) is 0 Å². The van der Waals surface area contributed by atoms with Crippen molar-refractivity contribution in [1.29, 1.82) is 0 Å². The SMILES string of the molecule is CN1CCCC1CC(=O)NCCC(=O)O. The van der Waals surface area contributed by atoms with Gasteiger partial charge in [-0.15, -0.1) is 0 Å². The van der Waals surface area contributed by atoms with Crippen molar-refractivity contribution >= 4 is 11.9 Å². The maximum atomic E-state index is 11.4. The number of carboxylic acid groups (broad SMARTS) is 1. The Balaban J connectivity index is 2.15. The maximum Gasteiger partial charge on any atom is 0.305 e. The zero-order valence-electron chi connectivity index (χ0n) is 9.03. The lowest BCUT2D eigenvalue weighted by atomic mass is 10.1. The number of nitrogens with one attached hydrogen (secondary N) is 1. The number of aliphatic carboxylic acids is 1. The van der Waals surface area contributed by atoms with Crippen LogP contribution in [0, 0.1) is 0 Å². The average molecular weight is 214 g/mol. The Morgan fingerprint density at radius 1 is 1.53 bits per heavy atom. The Morgan fingerprint density at radius 3 is 2.80 bits per heavy atom. The molecule has 2 N–H and O–H groups in total. The molecule has 0 aliphatic carbocycles. The van der Waals surface area contributed by atoms with E-state index in [9.17, 15) is 9.59 Å². The van der Waals surface area contributed by atoms with E-state index >= 15 is 0 Å². The van der Waals surface area contributed by atoms with Crippen molar-refractivity contribution in [2.45, 2.75) is 31.7 Å². The molecule has 1 aliphatic heterocycles. The van der Waals surface area contributed by atoms with Crippen molar-refractivity contribution in [2.75, 3.05) is 20.1 Å². The largest absolute Gasteiger partial charge is 0.481 e. The monoisotopic (exact) mass is 214 g/mol. The predicted molar refractivity (Wildman–Crippen MR) is 55.5 cm³/mol. The van der Waals surface area contributed by atoms with Gasteiger partial charge in [0, 0.05) is 19.0 Å². The lowest BCUT2D eigenvalue weighted by molar-refractivity contribution is -0.136. The first kappa shape index (κ1) is 12.0. The van der Waals surface area contributed by atoms with Gasteiger partial charge in [0.15, 0.2) is 0 Å². The van der Waals surface area contributed by atoms with Gasteiger partial charge < -0.3 is 15.3 Å². The smallest absolute Gasteiger partial charge is 0.305 e. The second-order valence-corrected chi connectivity index (χ2v) is 3.97. The van der Waals surface area contributed by atoms with E-state index in [2.05, 4.69) is 10.2 Å². The van der Waals surface area contributed by atoms with E-state index in [1.807, 2.05) is 7.05 Å². The van der Waals surface area contributed by atoms with Crippen LogP contribution >= 0.6 is 0 Å². The summed E-state index contributed by atoms with van der Waals surface area (Å²) in [6, 6.07) is 0.329. The van der Waals surface area contributed by atoms with Crippen molar-refractivity contribution in [2.24, 2.45) is 0 Å². The topological polar surface area (TPSA) is 69.6 Å². The van der Waals surface area contributed by atoms with Gasteiger partial charge in [-0.2, -0.15) is 0 Å². The summed E-state index contributed by atoms with van der Waals surface area (Å²) in [5, 5.41) is 11.0. The van der Waals surface area contributed by atoms with E-state index < -0.39 is 5.97 Å². The average Bonchev–Trinajstić information content (AvgIpc) is 2.51. The number of nitrogens with zero attached hydrogens (tertiary/aromatic N) is 1. The van der Waals surface area contributed by atoms with E-state index in [4.69, 9.17) is 5.11 Å². The quantitative estimate of drug-likeness (QED) is 0.679. The molecule has 0 saturated carbocycles. The summed E-state index contributed by atoms with van der Waals surface area (Å²) in [7, 11) is 2.02. The van der Waals surface area contributed by atoms with Crippen LogP contribution in [0.15, 0.2) is 0 Å². The van der Waals surface area contributed by atoms with Gasteiger partial charge in [0.25, 0.3) is 0 Å². The van der Waals surface area contributed by atoms with E-state index in [-0.39, 0.29) is 18.9 Å². The summed E-state index contributed by atoms with van der Waals surface area (Å²) < 4.78 is 0. The van der Waals surface area contributed by atoms with Crippen LogP contribution in [0.25, 0.3) is 0 Å². The number of rotatable bonds is 5. The molecular weight excluding hydrogens is 196 g/mol. The van der Waals surface area contributed by atoms with Gasteiger partial charge in [0.2, 0.25) is 5.91 Å². The molecule has 86 valence electrons. The Bertz CT molecular complexity index is 243. The number of likely N-dealkylation sites (tertiary alicyclic amines) is 1. The van der Waals surface area contributed by atoms with Crippen molar-refractivity contribution in [3.8, 4) is 0 Å². The highest BCUT2D eigenvalue weighted by atomic mass is 16.4. The zero-order chi connectivity index (χ0) is 11.3. The summed E-state index contributed by atoms with van der Waals surface area (Å²) in [5.74, 6) is -0.928. The van der Waals surface area contributed by atoms with Gasteiger partial charge in [-0.25, -0.2) is 0 Å². The molecule has 0 aromatic carbocycles. The van der Waals surface area contributed by atoms with Crippen LogP contribution in [0.4, 0.5) is 0 Å². The summed E-state index contributed by atoms with van der Waals surface area (Å²) >= 11 is 0. The van der Waals surface area contributed by atoms with Gasteiger partial charge in [0.1, 0.15) is 0 Å². The van der Waals surface area contributed by atoms with Crippen LogP contribution in [0.3, 0.4) is 0 Å². The second-order valence-electron chi connectivity index (χ2n) is 3.97.